The molecule has 0 saturated heterocycles. The highest BCUT2D eigenvalue weighted by atomic mass is 35.5. The van der Waals surface area contributed by atoms with E-state index in [4.69, 9.17) is 27.7 Å². The Balaban J connectivity index is 2.35. The first-order valence-electron chi connectivity index (χ1n) is 4.87. The van der Waals surface area contributed by atoms with Crippen molar-refractivity contribution in [2.45, 2.75) is 13.8 Å². The van der Waals surface area contributed by atoms with Gasteiger partial charge in [-0.05, 0) is 32.0 Å². The van der Waals surface area contributed by atoms with Crippen LogP contribution in [0.2, 0.25) is 10.0 Å². The van der Waals surface area contributed by atoms with E-state index >= 15 is 0 Å². The minimum Gasteiger partial charge on any atom is -0.359 e. The van der Waals surface area contributed by atoms with E-state index in [1.165, 1.54) is 0 Å². The molecule has 0 aliphatic heterocycles. The Morgan fingerprint density at radius 3 is 2.59 bits per heavy atom. The number of halogens is 2. The van der Waals surface area contributed by atoms with E-state index in [0.29, 0.717) is 32.9 Å². The number of azo groups is 1. The molecule has 1 aromatic heterocycles. The molecule has 0 radical (unpaired) electrons. The Morgan fingerprint density at radius 2 is 1.94 bits per heavy atom. The Hall–Kier alpha value is -1.39. The monoisotopic (exact) mass is 269 g/mol. The van der Waals surface area contributed by atoms with Crippen molar-refractivity contribution in [1.82, 2.24) is 5.16 Å². The number of rotatable bonds is 2. The van der Waals surface area contributed by atoms with Crippen LogP contribution in [0, 0.1) is 13.8 Å². The lowest BCUT2D eigenvalue weighted by Gasteiger charge is -1.97. The molecule has 1 aromatic carbocycles. The van der Waals surface area contributed by atoms with Crippen molar-refractivity contribution in [3.63, 3.8) is 0 Å². The van der Waals surface area contributed by atoms with E-state index < -0.39 is 0 Å². The number of hydrogen-bond acceptors (Lipinski definition) is 4. The van der Waals surface area contributed by atoms with Crippen molar-refractivity contribution in [2.24, 2.45) is 10.2 Å². The van der Waals surface area contributed by atoms with Crippen LogP contribution in [-0.4, -0.2) is 5.16 Å². The van der Waals surface area contributed by atoms with Gasteiger partial charge in [-0.1, -0.05) is 28.4 Å². The smallest absolute Gasteiger partial charge is 0.161 e. The number of benzene rings is 1. The summed E-state index contributed by atoms with van der Waals surface area (Å²) in [7, 11) is 0. The molecule has 0 fully saturated rings. The minimum absolute atomic E-state index is 0.491. The normalized spacial score (nSPS) is 11.3. The second kappa shape index (κ2) is 4.85. The fourth-order valence-electron chi connectivity index (χ4n) is 1.29. The molecule has 1 heterocycles. The molecule has 0 unspecified atom stereocenters. The van der Waals surface area contributed by atoms with Crippen molar-refractivity contribution in [1.29, 1.82) is 0 Å². The van der Waals surface area contributed by atoms with Gasteiger partial charge in [0.05, 0.1) is 5.02 Å². The van der Waals surface area contributed by atoms with E-state index in [-0.39, 0.29) is 0 Å². The zero-order valence-electron chi connectivity index (χ0n) is 9.24. The van der Waals surface area contributed by atoms with Crippen LogP contribution in [0.4, 0.5) is 11.4 Å². The zero-order valence-corrected chi connectivity index (χ0v) is 10.7. The van der Waals surface area contributed by atoms with Gasteiger partial charge in [-0.25, -0.2) is 0 Å². The lowest BCUT2D eigenvalue weighted by atomic mass is 10.3. The van der Waals surface area contributed by atoms with Crippen molar-refractivity contribution < 1.29 is 4.52 Å². The summed E-state index contributed by atoms with van der Waals surface area (Å²) in [4.78, 5) is 0. The average Bonchev–Trinajstić information content (AvgIpc) is 2.61. The Bertz CT molecular complexity index is 559. The predicted octanol–water partition coefficient (Wildman–Crippen LogP) is 5.01. The number of aromatic nitrogens is 1. The van der Waals surface area contributed by atoms with Crippen LogP contribution in [0.1, 0.15) is 11.5 Å². The Morgan fingerprint density at radius 1 is 1.18 bits per heavy atom. The SMILES string of the molecule is Cc1noc(C)c1N=Nc1cc(Cl)ccc1Cl. The predicted molar refractivity (Wildman–Crippen MR) is 66.6 cm³/mol. The summed E-state index contributed by atoms with van der Waals surface area (Å²) in [6, 6.07) is 5.01. The summed E-state index contributed by atoms with van der Waals surface area (Å²) in [5, 5.41) is 12.9. The fraction of sp³-hybridized carbons (Fsp3) is 0.182. The summed E-state index contributed by atoms with van der Waals surface area (Å²) in [5.74, 6) is 0.615. The lowest BCUT2D eigenvalue weighted by molar-refractivity contribution is 0.393. The molecular weight excluding hydrogens is 261 g/mol. The first-order chi connectivity index (χ1) is 8.08. The van der Waals surface area contributed by atoms with Crippen LogP contribution in [0.3, 0.4) is 0 Å². The van der Waals surface area contributed by atoms with Crippen molar-refractivity contribution >= 4 is 34.6 Å². The van der Waals surface area contributed by atoms with Crippen LogP contribution in [0.15, 0.2) is 33.0 Å². The second-order valence-corrected chi connectivity index (χ2v) is 4.31. The Labute approximate surface area is 108 Å². The highest BCUT2D eigenvalue weighted by Gasteiger charge is 2.08. The van der Waals surface area contributed by atoms with E-state index in [1.807, 2.05) is 0 Å². The first kappa shape index (κ1) is 12.1. The van der Waals surface area contributed by atoms with Gasteiger partial charge in [0, 0.05) is 5.02 Å². The third kappa shape index (κ3) is 2.65. The second-order valence-electron chi connectivity index (χ2n) is 3.47. The van der Waals surface area contributed by atoms with Gasteiger partial charge < -0.3 is 4.52 Å². The average molecular weight is 270 g/mol. The standard InChI is InChI=1S/C11H9Cl2N3O/c1-6-11(7(2)17-16-6)15-14-10-5-8(12)3-4-9(10)13/h3-5H,1-2H3. The topological polar surface area (TPSA) is 50.8 Å². The van der Waals surface area contributed by atoms with Crippen LogP contribution in [0.25, 0.3) is 0 Å². The molecule has 0 aliphatic rings. The fourth-order valence-corrected chi connectivity index (χ4v) is 1.61. The van der Waals surface area contributed by atoms with Crippen LogP contribution < -0.4 is 0 Å². The van der Waals surface area contributed by atoms with Gasteiger partial charge >= 0.3 is 0 Å². The van der Waals surface area contributed by atoms with Gasteiger partial charge in [-0.2, -0.15) is 0 Å². The summed E-state index contributed by atoms with van der Waals surface area (Å²) < 4.78 is 4.97. The Kier molecular flexibility index (Phi) is 3.45. The molecule has 0 N–H and O–H groups in total. The molecule has 2 rings (SSSR count). The van der Waals surface area contributed by atoms with Crippen LogP contribution in [0.5, 0.6) is 0 Å². The minimum atomic E-state index is 0.491. The molecular formula is C11H9Cl2N3O. The highest BCUT2D eigenvalue weighted by Crippen LogP contribution is 2.31. The van der Waals surface area contributed by atoms with E-state index in [1.54, 1.807) is 32.0 Å². The molecule has 88 valence electrons. The molecule has 6 heteroatoms. The van der Waals surface area contributed by atoms with Gasteiger partial charge in [0.15, 0.2) is 11.4 Å². The van der Waals surface area contributed by atoms with E-state index in [0.717, 1.165) is 0 Å². The van der Waals surface area contributed by atoms with Crippen molar-refractivity contribution in [3.8, 4) is 0 Å². The molecule has 17 heavy (non-hydrogen) atoms. The molecule has 4 nitrogen and oxygen atoms in total. The van der Waals surface area contributed by atoms with Crippen molar-refractivity contribution in [2.75, 3.05) is 0 Å². The zero-order chi connectivity index (χ0) is 12.4. The molecule has 0 atom stereocenters. The van der Waals surface area contributed by atoms with Crippen LogP contribution >= 0.6 is 23.2 Å². The molecule has 0 saturated carbocycles. The quantitative estimate of drug-likeness (QED) is 0.720. The van der Waals surface area contributed by atoms with E-state index in [9.17, 15) is 0 Å². The third-order valence-electron chi connectivity index (χ3n) is 2.16. The van der Waals surface area contributed by atoms with Gasteiger partial charge in [0.25, 0.3) is 0 Å². The highest BCUT2D eigenvalue weighted by molar-refractivity contribution is 6.35. The third-order valence-corrected chi connectivity index (χ3v) is 2.72. The molecule has 0 bridgehead atoms. The molecule has 0 spiro atoms. The van der Waals surface area contributed by atoms with Crippen molar-refractivity contribution in [3.05, 3.63) is 39.7 Å². The largest absolute Gasteiger partial charge is 0.359 e. The van der Waals surface area contributed by atoms with E-state index in [2.05, 4.69) is 15.4 Å². The summed E-state index contributed by atoms with van der Waals surface area (Å²) in [5.41, 5.74) is 1.81. The number of hydrogen-bond donors (Lipinski definition) is 0. The first-order valence-corrected chi connectivity index (χ1v) is 5.63. The summed E-state index contributed by atoms with van der Waals surface area (Å²) >= 11 is 11.8. The van der Waals surface area contributed by atoms with Gasteiger partial charge in [0.2, 0.25) is 0 Å². The number of aryl methyl sites for hydroxylation is 2. The van der Waals surface area contributed by atoms with Gasteiger partial charge in [-0.15, -0.1) is 10.2 Å². The van der Waals surface area contributed by atoms with Gasteiger partial charge in [0.1, 0.15) is 11.4 Å². The molecule has 0 amide bonds. The maximum atomic E-state index is 5.96. The summed E-state index contributed by atoms with van der Waals surface area (Å²) in [6.07, 6.45) is 0. The maximum absolute atomic E-state index is 5.96. The molecule has 0 aliphatic carbocycles. The van der Waals surface area contributed by atoms with Gasteiger partial charge in [-0.3, -0.25) is 0 Å². The summed E-state index contributed by atoms with van der Waals surface area (Å²) in [6.45, 7) is 3.57. The maximum Gasteiger partial charge on any atom is 0.161 e. The lowest BCUT2D eigenvalue weighted by Crippen LogP contribution is -1.71. The number of nitrogens with zero attached hydrogens (tertiary/aromatic N) is 3. The van der Waals surface area contributed by atoms with Crippen LogP contribution in [-0.2, 0) is 0 Å². The molecule has 2 aromatic rings.